The highest BCUT2D eigenvalue weighted by atomic mass is 16.5. The van der Waals surface area contributed by atoms with Crippen LogP contribution >= 0.6 is 0 Å². The van der Waals surface area contributed by atoms with Crippen LogP contribution in [0.4, 0.5) is 11.4 Å². The second-order valence-electron chi connectivity index (χ2n) is 9.07. The van der Waals surface area contributed by atoms with E-state index in [-0.39, 0.29) is 6.71 Å². The van der Waals surface area contributed by atoms with Gasteiger partial charge in [-0.15, -0.1) is 0 Å². The number of ether oxygens (including phenoxy) is 1. The topological polar surface area (TPSA) is 54.4 Å². The molecule has 0 N–H and O–H groups in total. The maximum Gasteiger partial charge on any atom is 0.298 e. The third-order valence-electron chi connectivity index (χ3n) is 7.05. The molecule has 0 radical (unpaired) electrons. The molecule has 3 aromatic rings. The zero-order valence-electron chi connectivity index (χ0n) is 18.4. The summed E-state index contributed by atoms with van der Waals surface area (Å²) in [4.78, 5) is 18.0. The van der Waals surface area contributed by atoms with Gasteiger partial charge in [0.25, 0.3) is 6.71 Å². The van der Waals surface area contributed by atoms with Crippen molar-refractivity contribution in [3.05, 3.63) is 49.1 Å². The van der Waals surface area contributed by atoms with E-state index >= 15 is 0 Å². The number of anilines is 2. The van der Waals surface area contributed by atoms with Crippen LogP contribution in [0.1, 0.15) is 38.5 Å². The summed E-state index contributed by atoms with van der Waals surface area (Å²) in [5, 5.41) is 0. The fourth-order valence-corrected chi connectivity index (χ4v) is 5.36. The van der Waals surface area contributed by atoms with Gasteiger partial charge >= 0.3 is 0 Å². The van der Waals surface area contributed by atoms with Gasteiger partial charge in [0.1, 0.15) is 29.9 Å². The van der Waals surface area contributed by atoms with Crippen molar-refractivity contribution in [1.82, 2.24) is 15.0 Å². The van der Waals surface area contributed by atoms with Crippen LogP contribution in [0.5, 0.6) is 11.5 Å². The Hall–Kier alpha value is -3.09. The van der Waals surface area contributed by atoms with Crippen LogP contribution in [0.25, 0.3) is 0 Å². The summed E-state index contributed by atoms with van der Waals surface area (Å²) in [5.74, 6) is 1.84. The van der Waals surface area contributed by atoms with E-state index in [2.05, 4.69) is 61.1 Å². The fraction of sp³-hybridized carbons (Fsp3) is 0.400. The highest BCUT2D eigenvalue weighted by Crippen LogP contribution is 2.32. The Morgan fingerprint density at radius 1 is 0.656 bits per heavy atom. The molecule has 2 saturated heterocycles. The summed E-state index contributed by atoms with van der Waals surface area (Å²) < 4.78 is 6.57. The molecule has 2 fully saturated rings. The van der Waals surface area contributed by atoms with E-state index in [9.17, 15) is 0 Å². The molecule has 2 aromatic carbocycles. The molecule has 0 unspecified atom stereocenters. The summed E-state index contributed by atoms with van der Waals surface area (Å²) in [5.41, 5.74) is 5.49. The van der Waals surface area contributed by atoms with Gasteiger partial charge in [0.15, 0.2) is 0 Å². The maximum absolute atomic E-state index is 6.57. The van der Waals surface area contributed by atoms with Gasteiger partial charge in [-0.1, -0.05) is 12.1 Å². The second kappa shape index (κ2) is 8.45. The van der Waals surface area contributed by atoms with Gasteiger partial charge in [-0.05, 0) is 61.6 Å². The van der Waals surface area contributed by atoms with E-state index in [1.54, 1.807) is 12.7 Å². The summed E-state index contributed by atoms with van der Waals surface area (Å²) in [6.45, 7) is 4.41. The summed E-state index contributed by atoms with van der Waals surface area (Å²) in [6, 6.07) is 13.3. The van der Waals surface area contributed by atoms with Crippen LogP contribution in [-0.2, 0) is 0 Å². The van der Waals surface area contributed by atoms with Crippen LogP contribution in [-0.4, -0.2) is 47.8 Å². The third kappa shape index (κ3) is 3.59. The number of nitrogens with zero attached hydrogens (tertiary/aromatic N) is 5. The van der Waals surface area contributed by atoms with E-state index in [0.717, 1.165) is 54.3 Å². The average Bonchev–Trinajstić information content (AvgIpc) is 2.88. The van der Waals surface area contributed by atoms with Crippen molar-refractivity contribution in [2.45, 2.75) is 38.5 Å². The lowest BCUT2D eigenvalue weighted by atomic mass is 9.38. The number of piperidine rings is 2. The standard InChI is InChI=1S/C25H28BN5O/c1-3-11-30(12-4-1)19-7-9-21-23(15-19)32-24-16-20(31-13-5-2-6-14-31)8-10-22(24)26(21)25-28-17-27-18-29-25/h7-10,15-18H,1-6,11-14H2. The number of hydrogen-bond donors (Lipinski definition) is 0. The van der Waals surface area contributed by atoms with Gasteiger partial charge < -0.3 is 14.5 Å². The van der Waals surface area contributed by atoms with E-state index in [1.807, 2.05) is 0 Å². The molecule has 0 saturated carbocycles. The summed E-state index contributed by atoms with van der Waals surface area (Å²) in [7, 11) is 0. The lowest BCUT2D eigenvalue weighted by Gasteiger charge is -2.32. The molecule has 3 aliphatic rings. The molecule has 0 bridgehead atoms. The molecule has 0 amide bonds. The second-order valence-corrected chi connectivity index (χ2v) is 9.07. The lowest BCUT2D eigenvalue weighted by Crippen LogP contribution is -2.57. The molecule has 7 heteroatoms. The summed E-state index contributed by atoms with van der Waals surface area (Å²) >= 11 is 0. The van der Waals surface area contributed by atoms with Gasteiger partial charge in [0.2, 0.25) is 0 Å². The number of fused-ring (bicyclic) bond motifs is 2. The van der Waals surface area contributed by atoms with Crippen molar-refractivity contribution >= 4 is 34.7 Å². The Bertz CT molecular complexity index is 1030. The summed E-state index contributed by atoms with van der Waals surface area (Å²) in [6.07, 6.45) is 10.8. The molecule has 3 aliphatic heterocycles. The molecule has 0 atom stereocenters. The Labute approximate surface area is 189 Å². The van der Waals surface area contributed by atoms with Crippen molar-refractivity contribution < 1.29 is 4.74 Å². The van der Waals surface area contributed by atoms with Crippen LogP contribution in [0, 0.1) is 0 Å². The van der Waals surface area contributed by atoms with Crippen LogP contribution in [0.2, 0.25) is 0 Å². The van der Waals surface area contributed by atoms with Gasteiger partial charge in [-0.25, -0.2) is 15.0 Å². The van der Waals surface area contributed by atoms with Crippen molar-refractivity contribution in [3.63, 3.8) is 0 Å². The van der Waals surface area contributed by atoms with Gasteiger partial charge in [0.05, 0.1) is 0 Å². The van der Waals surface area contributed by atoms with Crippen LogP contribution in [0.3, 0.4) is 0 Å². The van der Waals surface area contributed by atoms with Gasteiger partial charge in [-0.2, -0.15) is 0 Å². The smallest absolute Gasteiger partial charge is 0.298 e. The zero-order valence-corrected chi connectivity index (χ0v) is 18.4. The largest absolute Gasteiger partial charge is 0.458 e. The Balaban J connectivity index is 1.42. The highest BCUT2D eigenvalue weighted by molar-refractivity contribution is 6.96. The predicted molar refractivity (Wildman–Crippen MR) is 130 cm³/mol. The van der Waals surface area contributed by atoms with E-state index in [4.69, 9.17) is 4.74 Å². The third-order valence-corrected chi connectivity index (χ3v) is 7.05. The zero-order chi connectivity index (χ0) is 21.3. The first-order chi connectivity index (χ1) is 15.9. The molecule has 4 heterocycles. The first-order valence-corrected chi connectivity index (χ1v) is 11.9. The van der Waals surface area contributed by atoms with Crippen molar-refractivity contribution in [2.24, 2.45) is 0 Å². The highest BCUT2D eigenvalue weighted by Gasteiger charge is 2.35. The van der Waals surface area contributed by atoms with Crippen molar-refractivity contribution in [3.8, 4) is 11.5 Å². The van der Waals surface area contributed by atoms with E-state index in [0.29, 0.717) is 0 Å². The fourth-order valence-electron chi connectivity index (χ4n) is 5.36. The Morgan fingerprint density at radius 2 is 1.16 bits per heavy atom. The first kappa shape index (κ1) is 19.6. The SMILES string of the molecule is c1ncnc(B2c3ccc(N4CCCCC4)cc3Oc3cc(N4CCCCC4)ccc32)n1. The minimum Gasteiger partial charge on any atom is -0.458 e. The molecule has 0 aliphatic carbocycles. The molecule has 0 spiro atoms. The molecule has 6 rings (SSSR count). The Kier molecular flexibility index (Phi) is 5.17. The van der Waals surface area contributed by atoms with Crippen LogP contribution < -0.4 is 31.2 Å². The van der Waals surface area contributed by atoms with E-state index < -0.39 is 0 Å². The van der Waals surface area contributed by atoms with Crippen LogP contribution in [0.15, 0.2) is 49.1 Å². The maximum atomic E-state index is 6.57. The predicted octanol–water partition coefficient (Wildman–Crippen LogP) is 2.47. The molecular weight excluding hydrogens is 397 g/mol. The normalized spacial score (nSPS) is 18.1. The molecule has 162 valence electrons. The Morgan fingerprint density at radius 3 is 1.66 bits per heavy atom. The van der Waals surface area contributed by atoms with Crippen molar-refractivity contribution in [1.29, 1.82) is 0 Å². The molecule has 6 nitrogen and oxygen atoms in total. The molecule has 32 heavy (non-hydrogen) atoms. The number of rotatable bonds is 3. The number of benzene rings is 2. The minimum absolute atomic E-state index is 0.0532. The van der Waals surface area contributed by atoms with Gasteiger partial charge in [-0.3, -0.25) is 0 Å². The number of aromatic nitrogens is 3. The average molecular weight is 425 g/mol. The molecular formula is C25H28BN5O. The quantitative estimate of drug-likeness (QED) is 0.470. The minimum atomic E-state index is -0.0532. The van der Waals surface area contributed by atoms with E-state index in [1.165, 1.54) is 49.9 Å². The number of hydrogen-bond acceptors (Lipinski definition) is 6. The van der Waals surface area contributed by atoms with Gasteiger partial charge in [0, 0.05) is 49.7 Å². The van der Waals surface area contributed by atoms with Crippen molar-refractivity contribution in [2.75, 3.05) is 36.0 Å². The monoisotopic (exact) mass is 425 g/mol. The molecule has 1 aromatic heterocycles. The lowest BCUT2D eigenvalue weighted by molar-refractivity contribution is 0.486. The first-order valence-electron chi connectivity index (χ1n) is 11.9.